The van der Waals surface area contributed by atoms with Crippen molar-refractivity contribution in [3.8, 4) is 0 Å². The molecule has 0 fully saturated rings. The molecule has 0 aromatic heterocycles. The molecule has 0 spiro atoms. The van der Waals surface area contributed by atoms with Gasteiger partial charge in [0.1, 0.15) is 0 Å². The molecule has 0 heterocycles. The van der Waals surface area contributed by atoms with Gasteiger partial charge in [-0.2, -0.15) is 0 Å². The molecule has 0 aliphatic rings. The minimum absolute atomic E-state index is 0.0470. The normalized spacial score (nSPS) is 12.4. The van der Waals surface area contributed by atoms with Crippen molar-refractivity contribution < 1.29 is 4.79 Å². The summed E-state index contributed by atoms with van der Waals surface area (Å²) in [4.78, 5) is 11.7. The summed E-state index contributed by atoms with van der Waals surface area (Å²) in [7, 11) is 0. The maximum Gasteiger partial charge on any atom is 0.251 e. The first-order valence-corrected chi connectivity index (χ1v) is 6.38. The predicted octanol–water partition coefficient (Wildman–Crippen LogP) is 4.54. The molecule has 1 amide bonds. The smallest absolute Gasteiger partial charge is 0.251 e. The van der Waals surface area contributed by atoms with Crippen LogP contribution >= 0.6 is 11.6 Å². The number of carbonyl (C=O) groups is 1. The highest BCUT2D eigenvalue weighted by atomic mass is 35.5. The van der Waals surface area contributed by atoms with Gasteiger partial charge in [-0.1, -0.05) is 44.5 Å². The number of hydrogen-bond acceptors (Lipinski definition) is 1. The SMILES string of the molecule is C/C=C(\C)C(=O)Nc1ccc(C(C)(C)C)cc1Cl. The Morgan fingerprint density at radius 1 is 1.33 bits per heavy atom. The van der Waals surface area contributed by atoms with Gasteiger partial charge in [-0.25, -0.2) is 0 Å². The molecule has 0 aliphatic carbocycles. The molecular weight excluding hydrogens is 246 g/mol. The summed E-state index contributed by atoms with van der Waals surface area (Å²) in [6.07, 6.45) is 1.77. The van der Waals surface area contributed by atoms with E-state index in [-0.39, 0.29) is 11.3 Å². The van der Waals surface area contributed by atoms with Gasteiger partial charge in [0.25, 0.3) is 5.91 Å². The maximum atomic E-state index is 11.7. The van der Waals surface area contributed by atoms with E-state index in [1.165, 1.54) is 0 Å². The molecule has 2 nitrogen and oxygen atoms in total. The zero-order valence-electron chi connectivity index (χ0n) is 11.6. The van der Waals surface area contributed by atoms with Crippen LogP contribution in [-0.2, 0) is 10.2 Å². The second kappa shape index (κ2) is 5.57. The van der Waals surface area contributed by atoms with Crippen LogP contribution in [0, 0.1) is 0 Å². The molecule has 3 heteroatoms. The summed E-state index contributed by atoms with van der Waals surface area (Å²) >= 11 is 6.19. The van der Waals surface area contributed by atoms with E-state index in [0.717, 1.165) is 5.56 Å². The van der Waals surface area contributed by atoms with Gasteiger partial charge in [0.15, 0.2) is 0 Å². The van der Waals surface area contributed by atoms with E-state index in [1.807, 2.05) is 25.1 Å². The van der Waals surface area contributed by atoms with Crippen LogP contribution in [-0.4, -0.2) is 5.91 Å². The molecule has 0 radical (unpaired) electrons. The van der Waals surface area contributed by atoms with Crippen molar-refractivity contribution in [2.75, 3.05) is 5.32 Å². The Balaban J connectivity index is 2.97. The number of allylic oxidation sites excluding steroid dienone is 1. The second-order valence-corrected chi connectivity index (χ2v) is 5.78. The fraction of sp³-hybridized carbons (Fsp3) is 0.400. The topological polar surface area (TPSA) is 29.1 Å². The molecule has 1 aromatic rings. The summed E-state index contributed by atoms with van der Waals surface area (Å²) in [5.74, 6) is -0.122. The van der Waals surface area contributed by atoms with Crippen molar-refractivity contribution in [2.45, 2.75) is 40.0 Å². The van der Waals surface area contributed by atoms with Crippen molar-refractivity contribution >= 4 is 23.2 Å². The maximum absolute atomic E-state index is 11.7. The third kappa shape index (κ3) is 3.61. The van der Waals surface area contributed by atoms with Gasteiger partial charge in [-0.3, -0.25) is 4.79 Å². The predicted molar refractivity (Wildman–Crippen MR) is 78.2 cm³/mol. The summed E-state index contributed by atoms with van der Waals surface area (Å²) in [5.41, 5.74) is 2.51. The summed E-state index contributed by atoms with van der Waals surface area (Å²) in [5, 5.41) is 3.37. The quantitative estimate of drug-likeness (QED) is 0.782. The van der Waals surface area contributed by atoms with E-state index in [1.54, 1.807) is 13.0 Å². The number of rotatable bonds is 2. The number of benzene rings is 1. The number of amides is 1. The van der Waals surface area contributed by atoms with Crippen LogP contribution < -0.4 is 5.32 Å². The first-order valence-electron chi connectivity index (χ1n) is 6.00. The van der Waals surface area contributed by atoms with E-state index < -0.39 is 0 Å². The number of nitrogens with one attached hydrogen (secondary N) is 1. The van der Waals surface area contributed by atoms with Gasteiger partial charge in [0, 0.05) is 5.57 Å². The van der Waals surface area contributed by atoms with Gasteiger partial charge in [0.2, 0.25) is 0 Å². The zero-order valence-corrected chi connectivity index (χ0v) is 12.4. The Labute approximate surface area is 114 Å². The van der Waals surface area contributed by atoms with Crippen LogP contribution in [0.25, 0.3) is 0 Å². The van der Waals surface area contributed by atoms with Crippen LogP contribution in [0.5, 0.6) is 0 Å². The van der Waals surface area contributed by atoms with Crippen molar-refractivity contribution in [1.29, 1.82) is 0 Å². The Kier molecular flexibility index (Phi) is 4.58. The summed E-state index contributed by atoms with van der Waals surface area (Å²) in [6, 6.07) is 5.75. The molecule has 0 unspecified atom stereocenters. The Hall–Kier alpha value is -1.28. The Bertz CT molecular complexity index is 484. The molecule has 98 valence electrons. The lowest BCUT2D eigenvalue weighted by atomic mass is 9.87. The summed E-state index contributed by atoms with van der Waals surface area (Å²) < 4.78 is 0. The van der Waals surface area contributed by atoms with Crippen LogP contribution in [0.3, 0.4) is 0 Å². The van der Waals surface area contributed by atoms with E-state index >= 15 is 0 Å². The van der Waals surface area contributed by atoms with Crippen molar-refractivity contribution in [2.24, 2.45) is 0 Å². The molecule has 0 bridgehead atoms. The molecule has 1 aromatic carbocycles. The molecule has 1 N–H and O–H groups in total. The lowest BCUT2D eigenvalue weighted by molar-refractivity contribution is -0.112. The van der Waals surface area contributed by atoms with Crippen molar-refractivity contribution in [3.63, 3.8) is 0 Å². The fourth-order valence-electron chi connectivity index (χ4n) is 1.43. The number of carbonyl (C=O) groups excluding carboxylic acids is 1. The van der Waals surface area contributed by atoms with E-state index in [2.05, 4.69) is 26.1 Å². The van der Waals surface area contributed by atoms with Crippen LogP contribution in [0.15, 0.2) is 29.8 Å². The van der Waals surface area contributed by atoms with Gasteiger partial charge in [-0.05, 0) is 37.0 Å². The lowest BCUT2D eigenvalue weighted by Gasteiger charge is -2.20. The lowest BCUT2D eigenvalue weighted by Crippen LogP contribution is -2.14. The standard InChI is InChI=1S/C15H20ClNO/c1-6-10(2)14(18)17-13-8-7-11(9-12(13)16)15(3,4)5/h6-9H,1-5H3,(H,17,18)/b10-6+. The first kappa shape index (κ1) is 14.8. The van der Waals surface area contributed by atoms with Gasteiger partial charge in [-0.15, -0.1) is 0 Å². The number of anilines is 1. The van der Waals surface area contributed by atoms with Crippen molar-refractivity contribution in [3.05, 3.63) is 40.4 Å². The minimum atomic E-state index is -0.122. The molecule has 0 saturated heterocycles. The Morgan fingerprint density at radius 3 is 2.39 bits per heavy atom. The highest BCUT2D eigenvalue weighted by molar-refractivity contribution is 6.34. The third-order valence-corrected chi connectivity index (χ3v) is 3.19. The van der Waals surface area contributed by atoms with E-state index in [4.69, 9.17) is 11.6 Å². The molecule has 0 aliphatic heterocycles. The monoisotopic (exact) mass is 265 g/mol. The zero-order chi connectivity index (χ0) is 13.9. The van der Waals surface area contributed by atoms with Gasteiger partial charge < -0.3 is 5.32 Å². The third-order valence-electron chi connectivity index (χ3n) is 2.87. The minimum Gasteiger partial charge on any atom is -0.321 e. The highest BCUT2D eigenvalue weighted by Gasteiger charge is 2.15. The Morgan fingerprint density at radius 2 is 1.94 bits per heavy atom. The fourth-order valence-corrected chi connectivity index (χ4v) is 1.66. The van der Waals surface area contributed by atoms with Crippen LogP contribution in [0.1, 0.15) is 40.2 Å². The molecule has 0 saturated carbocycles. The highest BCUT2D eigenvalue weighted by Crippen LogP contribution is 2.29. The average molecular weight is 266 g/mol. The second-order valence-electron chi connectivity index (χ2n) is 5.37. The van der Waals surface area contributed by atoms with Crippen molar-refractivity contribution in [1.82, 2.24) is 0 Å². The first-order chi connectivity index (χ1) is 8.25. The van der Waals surface area contributed by atoms with Crippen LogP contribution in [0.2, 0.25) is 5.02 Å². The molecule has 18 heavy (non-hydrogen) atoms. The summed E-state index contributed by atoms with van der Waals surface area (Å²) in [6.45, 7) is 9.98. The van der Waals surface area contributed by atoms with E-state index in [0.29, 0.717) is 16.3 Å². The molecule has 0 atom stereocenters. The van der Waals surface area contributed by atoms with E-state index in [9.17, 15) is 4.79 Å². The molecule has 1 rings (SSSR count). The average Bonchev–Trinajstić information content (AvgIpc) is 2.29. The van der Waals surface area contributed by atoms with Crippen LogP contribution in [0.4, 0.5) is 5.69 Å². The number of halogens is 1. The van der Waals surface area contributed by atoms with Gasteiger partial charge in [0.05, 0.1) is 10.7 Å². The molecular formula is C15H20ClNO. The number of hydrogen-bond donors (Lipinski definition) is 1. The largest absolute Gasteiger partial charge is 0.321 e. The van der Waals surface area contributed by atoms with Gasteiger partial charge >= 0.3 is 0 Å².